The average Bonchev–Trinajstić information content (AvgIpc) is 2.55. The molecule has 1 atom stereocenters. The Morgan fingerprint density at radius 2 is 1.05 bits per heavy atom. The summed E-state index contributed by atoms with van der Waals surface area (Å²) in [5.74, 6) is 4.14. The van der Waals surface area contributed by atoms with Crippen molar-refractivity contribution in [3.05, 3.63) is 22.3 Å². The van der Waals surface area contributed by atoms with E-state index >= 15 is 0 Å². The first-order valence-corrected chi connectivity index (χ1v) is 9.52. The number of hydrogen-bond acceptors (Lipinski definition) is 0. The van der Waals surface area contributed by atoms with E-state index in [1.54, 1.807) is 22.3 Å². The topological polar surface area (TPSA) is 0 Å². The maximum Gasteiger partial charge on any atom is -0.00976 e. The van der Waals surface area contributed by atoms with E-state index in [9.17, 15) is 0 Å². The first-order valence-electron chi connectivity index (χ1n) is 9.52. The fourth-order valence-electron chi connectivity index (χ4n) is 4.25. The van der Waals surface area contributed by atoms with Crippen molar-refractivity contribution < 1.29 is 0 Å². The predicted molar refractivity (Wildman–Crippen MR) is 101 cm³/mol. The van der Waals surface area contributed by atoms with E-state index in [0.29, 0.717) is 23.7 Å². The molecule has 0 fully saturated rings. The molecular weight excluding hydrogens is 264 g/mol. The van der Waals surface area contributed by atoms with Crippen molar-refractivity contribution in [2.45, 2.75) is 82.1 Å². The molecule has 0 bridgehead atoms. The van der Waals surface area contributed by atoms with Crippen LogP contribution in [0.3, 0.4) is 0 Å². The monoisotopic (exact) mass is 304 g/mol. The first-order chi connectivity index (χ1) is 10.1. The van der Waals surface area contributed by atoms with Gasteiger partial charge in [-0.15, -0.1) is 0 Å². The molecule has 0 spiro atoms. The fraction of sp³-hybridized carbons (Fsp3) is 0.818. The summed E-state index contributed by atoms with van der Waals surface area (Å²) in [7, 11) is 0. The Morgan fingerprint density at radius 3 is 1.36 bits per heavy atom. The molecule has 22 heavy (non-hydrogen) atoms. The van der Waals surface area contributed by atoms with Crippen molar-refractivity contribution in [2.24, 2.45) is 35.5 Å². The van der Waals surface area contributed by atoms with Crippen LogP contribution in [0, 0.1) is 35.5 Å². The quantitative estimate of drug-likeness (QED) is 0.468. The minimum Gasteiger partial charge on any atom is -0.0673 e. The highest BCUT2D eigenvalue weighted by Crippen LogP contribution is 2.45. The molecule has 0 aromatic heterocycles. The van der Waals surface area contributed by atoms with Gasteiger partial charge in [-0.25, -0.2) is 0 Å². The molecule has 0 aromatic rings. The van der Waals surface area contributed by atoms with Crippen molar-refractivity contribution >= 4 is 0 Å². The molecule has 0 heteroatoms. The van der Waals surface area contributed by atoms with Crippen LogP contribution in [0.2, 0.25) is 0 Å². The van der Waals surface area contributed by atoms with Gasteiger partial charge in [-0.3, -0.25) is 0 Å². The summed E-state index contributed by atoms with van der Waals surface area (Å²) in [6.45, 7) is 24.0. The Kier molecular flexibility index (Phi) is 6.96. The van der Waals surface area contributed by atoms with Gasteiger partial charge in [0.05, 0.1) is 0 Å². The van der Waals surface area contributed by atoms with Gasteiger partial charge in [-0.05, 0) is 48.3 Å². The van der Waals surface area contributed by atoms with Crippen molar-refractivity contribution in [3.8, 4) is 0 Å². The summed E-state index contributed by atoms with van der Waals surface area (Å²) in [6.07, 6.45) is 2.51. The van der Waals surface area contributed by atoms with Gasteiger partial charge >= 0.3 is 0 Å². The lowest BCUT2D eigenvalue weighted by atomic mass is 9.75. The van der Waals surface area contributed by atoms with Crippen LogP contribution in [-0.2, 0) is 0 Å². The van der Waals surface area contributed by atoms with Crippen LogP contribution in [0.5, 0.6) is 0 Å². The van der Waals surface area contributed by atoms with Gasteiger partial charge in [0.2, 0.25) is 0 Å². The van der Waals surface area contributed by atoms with Crippen LogP contribution in [0.25, 0.3) is 0 Å². The molecule has 0 aromatic carbocycles. The van der Waals surface area contributed by atoms with E-state index < -0.39 is 0 Å². The van der Waals surface area contributed by atoms with E-state index in [-0.39, 0.29) is 0 Å². The van der Waals surface area contributed by atoms with Gasteiger partial charge in [0.15, 0.2) is 0 Å². The summed E-state index contributed by atoms with van der Waals surface area (Å²) in [5, 5.41) is 0. The van der Waals surface area contributed by atoms with Crippen LogP contribution in [0.1, 0.15) is 82.1 Å². The lowest BCUT2D eigenvalue weighted by molar-refractivity contribution is 0.392. The lowest BCUT2D eigenvalue weighted by Crippen LogP contribution is -2.19. The molecule has 0 aliphatic heterocycles. The van der Waals surface area contributed by atoms with Crippen LogP contribution in [0.4, 0.5) is 0 Å². The van der Waals surface area contributed by atoms with Gasteiger partial charge in [-0.1, -0.05) is 91.5 Å². The zero-order valence-electron chi connectivity index (χ0n) is 16.9. The van der Waals surface area contributed by atoms with E-state index in [0.717, 1.165) is 11.8 Å². The van der Waals surface area contributed by atoms with Crippen LogP contribution < -0.4 is 0 Å². The molecule has 1 aliphatic carbocycles. The molecule has 1 rings (SSSR count). The van der Waals surface area contributed by atoms with Crippen LogP contribution in [-0.4, -0.2) is 0 Å². The second kappa shape index (κ2) is 7.84. The highest BCUT2D eigenvalue weighted by molar-refractivity contribution is 5.35. The highest BCUT2D eigenvalue weighted by atomic mass is 14.4. The van der Waals surface area contributed by atoms with Gasteiger partial charge < -0.3 is 0 Å². The second-order valence-electron chi connectivity index (χ2n) is 8.88. The molecule has 0 saturated heterocycles. The minimum absolute atomic E-state index is 0.666. The van der Waals surface area contributed by atoms with Gasteiger partial charge in [0, 0.05) is 0 Å². The molecule has 0 nitrogen and oxygen atoms in total. The SMILES string of the molecule is CC(C)C1=C(C(C)C)CC(C(C)C)C(C(C)C)=C(C(C)C)C1. The van der Waals surface area contributed by atoms with Crippen molar-refractivity contribution in [1.82, 2.24) is 0 Å². The predicted octanol–water partition coefficient (Wildman–Crippen LogP) is 7.27. The molecule has 0 radical (unpaired) electrons. The number of allylic oxidation sites excluding steroid dienone is 4. The molecule has 0 amide bonds. The molecular formula is C22H40. The smallest absolute Gasteiger partial charge is 0.00976 e. The maximum absolute atomic E-state index is 2.42. The third-order valence-corrected chi connectivity index (χ3v) is 5.52. The summed E-state index contributed by atoms with van der Waals surface area (Å²) in [5.41, 5.74) is 7.01. The number of rotatable bonds is 5. The van der Waals surface area contributed by atoms with Crippen molar-refractivity contribution in [3.63, 3.8) is 0 Å². The molecule has 1 unspecified atom stereocenters. The third kappa shape index (κ3) is 4.27. The zero-order valence-corrected chi connectivity index (χ0v) is 16.9. The summed E-state index contributed by atoms with van der Waals surface area (Å²) in [4.78, 5) is 0. The summed E-state index contributed by atoms with van der Waals surface area (Å²) >= 11 is 0. The normalized spacial score (nSPS) is 21.1. The van der Waals surface area contributed by atoms with Crippen LogP contribution >= 0.6 is 0 Å². The first kappa shape index (κ1) is 19.5. The van der Waals surface area contributed by atoms with Gasteiger partial charge in [-0.2, -0.15) is 0 Å². The molecule has 0 N–H and O–H groups in total. The Bertz CT molecular complexity index is 427. The van der Waals surface area contributed by atoms with E-state index in [4.69, 9.17) is 0 Å². The maximum atomic E-state index is 2.42. The van der Waals surface area contributed by atoms with E-state index in [2.05, 4.69) is 69.2 Å². The Labute approximate surface area is 140 Å². The Balaban J connectivity index is 3.54. The highest BCUT2D eigenvalue weighted by Gasteiger charge is 2.31. The van der Waals surface area contributed by atoms with E-state index in [1.807, 2.05) is 0 Å². The lowest BCUT2D eigenvalue weighted by Gasteiger charge is -2.30. The average molecular weight is 305 g/mol. The summed E-state index contributed by atoms with van der Waals surface area (Å²) < 4.78 is 0. The number of hydrogen-bond donors (Lipinski definition) is 0. The molecule has 0 saturated carbocycles. The zero-order chi connectivity index (χ0) is 17.2. The largest absolute Gasteiger partial charge is 0.0673 e. The van der Waals surface area contributed by atoms with Crippen LogP contribution in [0.15, 0.2) is 22.3 Å². The standard InChI is InChI=1S/C22H40/c1-13(2)18-11-20(15(5)6)22(17(9)10)21(16(7)8)12-19(18)14(3)4/h13-17,20H,11-12H2,1-10H3. The van der Waals surface area contributed by atoms with E-state index in [1.165, 1.54) is 12.8 Å². The minimum atomic E-state index is 0.666. The molecule has 128 valence electrons. The van der Waals surface area contributed by atoms with Crippen molar-refractivity contribution in [1.29, 1.82) is 0 Å². The van der Waals surface area contributed by atoms with Crippen molar-refractivity contribution in [2.75, 3.05) is 0 Å². The van der Waals surface area contributed by atoms with Gasteiger partial charge in [0.25, 0.3) is 0 Å². The van der Waals surface area contributed by atoms with Gasteiger partial charge in [0.1, 0.15) is 0 Å². The molecule has 0 heterocycles. The fourth-order valence-corrected chi connectivity index (χ4v) is 4.25. The molecule has 1 aliphatic rings. The second-order valence-corrected chi connectivity index (χ2v) is 8.88. The Hall–Kier alpha value is -0.520. The Morgan fingerprint density at radius 1 is 0.591 bits per heavy atom. The summed E-state index contributed by atoms with van der Waals surface area (Å²) in [6, 6.07) is 0. The third-order valence-electron chi connectivity index (χ3n) is 5.52.